The molecule has 1 atom stereocenters. The first-order chi connectivity index (χ1) is 14.6. The van der Waals surface area contributed by atoms with Gasteiger partial charge in [-0.3, -0.25) is 14.8 Å². The number of hydrogen-bond donors (Lipinski definition) is 5. The van der Waals surface area contributed by atoms with Gasteiger partial charge in [0.15, 0.2) is 0 Å². The minimum absolute atomic E-state index is 0.0756. The molecule has 0 aliphatic heterocycles. The maximum Gasteiger partial charge on any atom is 0.244 e. The van der Waals surface area contributed by atoms with Gasteiger partial charge in [0.25, 0.3) is 0 Å². The van der Waals surface area contributed by atoms with E-state index in [0.29, 0.717) is 5.75 Å². The third-order valence-electron chi connectivity index (χ3n) is 3.17. The second-order valence-corrected chi connectivity index (χ2v) is 9.96. The second kappa shape index (κ2) is 19.5. The maximum absolute atomic E-state index is 11.1. The Morgan fingerprint density at radius 1 is 1.06 bits per heavy atom. The number of carbonyl (C=O) groups excluding carboxylic acids is 2. The topological polar surface area (TPSA) is 156 Å². The monoisotopic (exact) mass is 479 g/mol. The van der Waals surface area contributed by atoms with Crippen LogP contribution in [0.4, 0.5) is 0 Å². The molecule has 0 spiro atoms. The first-order valence-electron chi connectivity index (χ1n) is 10.0. The minimum Gasteiger partial charge on any atom is -0.508 e. The van der Waals surface area contributed by atoms with Crippen LogP contribution in [0, 0.1) is 18.8 Å². The lowest BCUT2D eigenvalue weighted by Gasteiger charge is -2.09. The molecular weight excluding hydrogens is 438 g/mol. The SMILES string of the molecule is CC(C)C.CN(C)S(C)(=O)=O.C[C@H](CC(=O)NO)C(=O)NCCO.Cc1ccc(O)cc1. The summed E-state index contributed by atoms with van der Waals surface area (Å²) in [5, 5.41) is 27.7. The van der Waals surface area contributed by atoms with E-state index in [1.54, 1.807) is 19.1 Å². The molecule has 10 nitrogen and oxygen atoms in total. The van der Waals surface area contributed by atoms with Crippen LogP contribution >= 0.6 is 0 Å². The summed E-state index contributed by atoms with van der Waals surface area (Å²) >= 11 is 0. The van der Waals surface area contributed by atoms with Gasteiger partial charge in [0.2, 0.25) is 21.8 Å². The summed E-state index contributed by atoms with van der Waals surface area (Å²) in [6, 6.07) is 7.09. The van der Waals surface area contributed by atoms with Gasteiger partial charge in [-0.05, 0) is 25.0 Å². The lowest BCUT2D eigenvalue weighted by atomic mass is 10.1. The first kappa shape index (κ1) is 34.4. The van der Waals surface area contributed by atoms with Crippen molar-refractivity contribution in [1.82, 2.24) is 15.1 Å². The Morgan fingerprint density at radius 3 is 1.75 bits per heavy atom. The van der Waals surface area contributed by atoms with E-state index >= 15 is 0 Å². The average Bonchev–Trinajstić information content (AvgIpc) is 2.68. The highest BCUT2D eigenvalue weighted by molar-refractivity contribution is 7.88. The minimum atomic E-state index is -2.91. The summed E-state index contributed by atoms with van der Waals surface area (Å²) < 4.78 is 21.7. The van der Waals surface area contributed by atoms with Crippen LogP contribution in [0.25, 0.3) is 0 Å². The number of hydroxylamine groups is 1. The molecule has 11 heteroatoms. The number of rotatable bonds is 6. The van der Waals surface area contributed by atoms with E-state index in [1.807, 2.05) is 19.1 Å². The number of benzene rings is 1. The zero-order chi connectivity index (χ0) is 25.9. The molecule has 0 unspecified atom stereocenters. The number of aromatic hydroxyl groups is 1. The van der Waals surface area contributed by atoms with Gasteiger partial charge in [0.1, 0.15) is 5.75 Å². The molecular formula is C21H41N3O7S. The molecule has 1 aromatic carbocycles. The van der Waals surface area contributed by atoms with Gasteiger partial charge in [0.05, 0.1) is 12.9 Å². The Balaban J connectivity index is -0.000000380. The molecule has 0 aliphatic carbocycles. The first-order valence-corrected chi connectivity index (χ1v) is 11.9. The van der Waals surface area contributed by atoms with Gasteiger partial charge in [0, 0.05) is 33.0 Å². The van der Waals surface area contributed by atoms with Gasteiger partial charge in [-0.25, -0.2) is 18.2 Å². The number of carbonyl (C=O) groups is 2. The van der Waals surface area contributed by atoms with Crippen molar-refractivity contribution in [3.8, 4) is 5.75 Å². The van der Waals surface area contributed by atoms with Gasteiger partial charge in [-0.1, -0.05) is 45.4 Å². The van der Waals surface area contributed by atoms with Crippen molar-refractivity contribution >= 4 is 21.8 Å². The Bertz CT molecular complexity index is 698. The largest absolute Gasteiger partial charge is 0.508 e. The number of nitrogens with zero attached hydrogens (tertiary/aromatic N) is 1. The molecule has 0 radical (unpaired) electrons. The van der Waals surface area contributed by atoms with E-state index in [4.69, 9.17) is 15.4 Å². The number of aryl methyl sites for hydroxylation is 1. The molecule has 1 rings (SSSR count). The van der Waals surface area contributed by atoms with Crippen molar-refractivity contribution in [2.45, 2.75) is 41.0 Å². The molecule has 0 heterocycles. The Hall–Kier alpha value is -2.21. The summed E-state index contributed by atoms with van der Waals surface area (Å²) in [5.41, 5.74) is 2.61. The molecule has 32 heavy (non-hydrogen) atoms. The summed E-state index contributed by atoms with van der Waals surface area (Å²) in [5.74, 6) is -0.279. The molecule has 0 saturated heterocycles. The summed E-state index contributed by atoms with van der Waals surface area (Å²) in [7, 11) is 0.0833. The van der Waals surface area contributed by atoms with Crippen LogP contribution in [0.1, 0.15) is 39.7 Å². The van der Waals surface area contributed by atoms with E-state index < -0.39 is 21.8 Å². The summed E-state index contributed by atoms with van der Waals surface area (Å²) in [4.78, 5) is 21.7. The highest BCUT2D eigenvalue weighted by atomic mass is 32.2. The fraction of sp³-hybridized carbons (Fsp3) is 0.619. The Morgan fingerprint density at radius 2 is 1.47 bits per heavy atom. The molecule has 0 fully saturated rings. The fourth-order valence-electron chi connectivity index (χ4n) is 1.31. The predicted molar refractivity (Wildman–Crippen MR) is 126 cm³/mol. The number of hydrogen-bond acceptors (Lipinski definition) is 7. The highest BCUT2D eigenvalue weighted by Gasteiger charge is 2.15. The number of phenols is 1. The van der Waals surface area contributed by atoms with Crippen molar-refractivity contribution in [2.24, 2.45) is 11.8 Å². The molecule has 1 aromatic rings. The molecule has 0 saturated carbocycles. The van der Waals surface area contributed by atoms with Crippen LogP contribution in [0.2, 0.25) is 0 Å². The molecule has 5 N–H and O–H groups in total. The smallest absolute Gasteiger partial charge is 0.244 e. The van der Waals surface area contributed by atoms with Crippen LogP contribution in [0.5, 0.6) is 5.75 Å². The van der Waals surface area contributed by atoms with E-state index in [9.17, 15) is 18.0 Å². The number of aliphatic hydroxyl groups is 1. The quantitative estimate of drug-likeness (QED) is 0.306. The molecule has 0 bridgehead atoms. The van der Waals surface area contributed by atoms with Crippen molar-refractivity contribution in [3.05, 3.63) is 29.8 Å². The second-order valence-electron chi connectivity index (χ2n) is 7.77. The van der Waals surface area contributed by atoms with Crippen molar-refractivity contribution in [3.63, 3.8) is 0 Å². The number of sulfonamides is 1. The lowest BCUT2D eigenvalue weighted by Crippen LogP contribution is -2.34. The van der Waals surface area contributed by atoms with Crippen LogP contribution in [0.3, 0.4) is 0 Å². The maximum atomic E-state index is 11.1. The third kappa shape index (κ3) is 25.8. The number of aliphatic hydroxyl groups excluding tert-OH is 1. The van der Waals surface area contributed by atoms with Crippen LogP contribution in [0.15, 0.2) is 24.3 Å². The number of phenolic OH excluding ortho intramolecular Hbond substituents is 1. The van der Waals surface area contributed by atoms with Gasteiger partial charge >= 0.3 is 0 Å². The van der Waals surface area contributed by atoms with Gasteiger partial charge in [-0.15, -0.1) is 0 Å². The van der Waals surface area contributed by atoms with Crippen molar-refractivity contribution in [2.75, 3.05) is 33.5 Å². The number of nitrogens with one attached hydrogen (secondary N) is 2. The Labute approximate surface area is 192 Å². The van der Waals surface area contributed by atoms with E-state index in [2.05, 4.69) is 26.1 Å². The molecule has 2 amide bonds. The zero-order valence-electron chi connectivity index (χ0n) is 20.4. The highest BCUT2D eigenvalue weighted by Crippen LogP contribution is 2.07. The zero-order valence-corrected chi connectivity index (χ0v) is 21.2. The standard InChI is InChI=1S/C7H14N2O4.C7H8O.C4H10.C3H9NO2S/c1-5(4-6(11)9-13)7(12)8-2-3-10;1-6-2-4-7(8)5-3-6;1-4(2)3;1-4(2)7(3,5)6/h5,10,13H,2-4H2,1H3,(H,8,12)(H,9,11);2-5,8H,1H3;4H,1-3H3;1-3H3/t5-;;;/m1.../s1. The fourth-order valence-corrected chi connectivity index (χ4v) is 1.31. The summed E-state index contributed by atoms with van der Waals surface area (Å²) in [6.07, 6.45) is 1.08. The predicted octanol–water partition coefficient (Wildman–Crippen LogP) is 1.50. The summed E-state index contributed by atoms with van der Waals surface area (Å²) in [6.45, 7) is 10.1. The van der Waals surface area contributed by atoms with Crippen molar-refractivity contribution < 1.29 is 33.4 Å². The number of amides is 2. The van der Waals surface area contributed by atoms with Crippen LogP contribution < -0.4 is 10.8 Å². The van der Waals surface area contributed by atoms with E-state index in [1.165, 1.54) is 25.1 Å². The molecule has 188 valence electrons. The molecule has 0 aliphatic rings. The van der Waals surface area contributed by atoms with Gasteiger partial charge in [-0.2, -0.15) is 0 Å². The van der Waals surface area contributed by atoms with Crippen LogP contribution in [-0.2, 0) is 19.6 Å². The lowest BCUT2D eigenvalue weighted by molar-refractivity contribution is -0.134. The van der Waals surface area contributed by atoms with Gasteiger partial charge < -0.3 is 15.5 Å². The normalized spacial score (nSPS) is 11.0. The Kier molecular flexibility index (Phi) is 20.9. The van der Waals surface area contributed by atoms with E-state index in [0.717, 1.165) is 16.5 Å². The van der Waals surface area contributed by atoms with Crippen LogP contribution in [-0.4, -0.2) is 73.5 Å². The molecule has 0 aromatic heterocycles. The third-order valence-corrected chi connectivity index (χ3v) is 4.50. The average molecular weight is 480 g/mol. The van der Waals surface area contributed by atoms with E-state index in [-0.39, 0.29) is 25.5 Å². The van der Waals surface area contributed by atoms with Crippen molar-refractivity contribution in [1.29, 1.82) is 0 Å².